The Morgan fingerprint density at radius 2 is 2.21 bits per heavy atom. The Morgan fingerprint density at radius 1 is 1.42 bits per heavy atom. The molecule has 0 aliphatic carbocycles. The van der Waals surface area contributed by atoms with Gasteiger partial charge >= 0.3 is 0 Å². The van der Waals surface area contributed by atoms with E-state index < -0.39 is 10.0 Å². The van der Waals surface area contributed by atoms with Crippen LogP contribution >= 0.6 is 0 Å². The number of aromatic nitrogens is 4. The molecule has 0 unspecified atom stereocenters. The Hall–Kier alpha value is -2.00. The van der Waals surface area contributed by atoms with E-state index >= 15 is 0 Å². The van der Waals surface area contributed by atoms with Gasteiger partial charge in [0.15, 0.2) is 5.82 Å². The Morgan fingerprint density at radius 3 is 2.84 bits per heavy atom. The van der Waals surface area contributed by atoms with Gasteiger partial charge in [-0.05, 0) is 6.07 Å². The first-order valence-corrected chi connectivity index (χ1v) is 7.01. The van der Waals surface area contributed by atoms with Crippen LogP contribution < -0.4 is 10.5 Å². The van der Waals surface area contributed by atoms with E-state index in [1.165, 1.54) is 18.3 Å². The zero-order valence-electron chi connectivity index (χ0n) is 10.3. The lowest BCUT2D eigenvalue weighted by Gasteiger charge is -2.05. The van der Waals surface area contributed by atoms with E-state index in [2.05, 4.69) is 19.8 Å². The number of nitrogens with two attached hydrogens (primary N) is 1. The maximum Gasteiger partial charge on any atom is 0.240 e. The standard InChI is InChI=1S/C10H14N6O2S/c1-16-7-13-10(15-16)3-5-14-19(17,18)8-2-4-12-9(11)6-8/h2,4,6-7,14H,3,5H2,1H3,(H2,11,12). The fourth-order valence-electron chi connectivity index (χ4n) is 1.47. The Labute approximate surface area is 110 Å². The first kappa shape index (κ1) is 13.4. The average Bonchev–Trinajstić information content (AvgIpc) is 2.75. The van der Waals surface area contributed by atoms with E-state index in [1.54, 1.807) is 18.1 Å². The van der Waals surface area contributed by atoms with Crippen LogP contribution in [-0.4, -0.2) is 34.7 Å². The van der Waals surface area contributed by atoms with E-state index in [1.807, 2.05) is 0 Å². The van der Waals surface area contributed by atoms with Crippen LogP contribution in [0.15, 0.2) is 29.6 Å². The Balaban J connectivity index is 1.98. The van der Waals surface area contributed by atoms with Crippen LogP contribution in [0.5, 0.6) is 0 Å². The highest BCUT2D eigenvalue weighted by Crippen LogP contribution is 2.09. The molecule has 0 amide bonds. The summed E-state index contributed by atoms with van der Waals surface area (Å²) in [7, 11) is -1.83. The molecule has 0 aliphatic rings. The molecule has 2 heterocycles. The third-order valence-electron chi connectivity index (χ3n) is 2.35. The molecule has 19 heavy (non-hydrogen) atoms. The van der Waals surface area contributed by atoms with Crippen LogP contribution in [0.2, 0.25) is 0 Å². The van der Waals surface area contributed by atoms with Crippen LogP contribution in [0.4, 0.5) is 5.82 Å². The summed E-state index contributed by atoms with van der Waals surface area (Å²) in [6.45, 7) is 0.217. The van der Waals surface area contributed by atoms with Gasteiger partial charge in [0.05, 0.1) is 4.90 Å². The number of pyridine rings is 1. The van der Waals surface area contributed by atoms with Crippen molar-refractivity contribution in [1.82, 2.24) is 24.5 Å². The number of sulfonamides is 1. The minimum absolute atomic E-state index is 0.0916. The number of aryl methyl sites for hydroxylation is 1. The fourth-order valence-corrected chi connectivity index (χ4v) is 2.53. The molecular formula is C10H14N6O2S. The quantitative estimate of drug-likeness (QED) is 0.750. The third-order valence-corrected chi connectivity index (χ3v) is 3.81. The molecule has 0 saturated carbocycles. The van der Waals surface area contributed by atoms with Crippen LogP contribution in [0.1, 0.15) is 5.82 Å². The molecule has 0 aliphatic heterocycles. The summed E-state index contributed by atoms with van der Waals surface area (Å²) in [6.07, 6.45) is 3.33. The van der Waals surface area contributed by atoms with Gasteiger partial charge in [0.1, 0.15) is 12.1 Å². The molecule has 2 rings (SSSR count). The molecule has 0 radical (unpaired) electrons. The summed E-state index contributed by atoms with van der Waals surface area (Å²) in [4.78, 5) is 7.85. The zero-order valence-corrected chi connectivity index (χ0v) is 11.1. The Bertz CT molecular complexity index is 666. The molecule has 102 valence electrons. The molecule has 0 fully saturated rings. The molecule has 0 saturated heterocycles. The number of nitrogens with zero attached hydrogens (tertiary/aromatic N) is 4. The second-order valence-corrected chi connectivity index (χ2v) is 5.67. The smallest absolute Gasteiger partial charge is 0.240 e. The van der Waals surface area contributed by atoms with E-state index in [0.29, 0.717) is 12.2 Å². The molecule has 3 N–H and O–H groups in total. The van der Waals surface area contributed by atoms with Gasteiger partial charge in [0.25, 0.3) is 0 Å². The van der Waals surface area contributed by atoms with Crippen molar-refractivity contribution < 1.29 is 8.42 Å². The van der Waals surface area contributed by atoms with Gasteiger partial charge in [-0.2, -0.15) is 5.10 Å². The van der Waals surface area contributed by atoms with Crippen molar-refractivity contribution in [1.29, 1.82) is 0 Å². The number of rotatable bonds is 5. The largest absolute Gasteiger partial charge is 0.384 e. The van der Waals surface area contributed by atoms with Crippen LogP contribution in [0, 0.1) is 0 Å². The zero-order chi connectivity index (χ0) is 13.9. The molecule has 2 aromatic rings. The first-order chi connectivity index (χ1) is 8.97. The summed E-state index contributed by atoms with van der Waals surface area (Å²) in [5.41, 5.74) is 5.45. The predicted molar refractivity (Wildman–Crippen MR) is 68.5 cm³/mol. The highest BCUT2D eigenvalue weighted by atomic mass is 32.2. The predicted octanol–water partition coefficient (Wildman–Crippen LogP) is -0.687. The lowest BCUT2D eigenvalue weighted by atomic mass is 10.4. The maximum atomic E-state index is 11.9. The maximum absolute atomic E-state index is 11.9. The van der Waals surface area contributed by atoms with E-state index in [9.17, 15) is 8.42 Å². The second-order valence-electron chi connectivity index (χ2n) is 3.90. The third kappa shape index (κ3) is 3.48. The summed E-state index contributed by atoms with van der Waals surface area (Å²) in [5.74, 6) is 0.744. The number of hydrogen-bond donors (Lipinski definition) is 2. The van der Waals surface area contributed by atoms with Gasteiger partial charge in [0.2, 0.25) is 10.0 Å². The molecule has 2 aromatic heterocycles. The molecule has 0 spiro atoms. The summed E-state index contributed by atoms with van der Waals surface area (Å²) in [5, 5.41) is 4.06. The van der Waals surface area contributed by atoms with Gasteiger partial charge < -0.3 is 5.73 Å². The van der Waals surface area contributed by atoms with Crippen molar-refractivity contribution >= 4 is 15.8 Å². The molecule has 0 bridgehead atoms. The van der Waals surface area contributed by atoms with Gasteiger partial charge in [-0.25, -0.2) is 23.1 Å². The number of anilines is 1. The van der Waals surface area contributed by atoms with Gasteiger partial charge in [0, 0.05) is 32.3 Å². The topological polar surface area (TPSA) is 116 Å². The number of nitrogen functional groups attached to an aromatic ring is 1. The molecular weight excluding hydrogens is 268 g/mol. The van der Waals surface area contributed by atoms with Crippen molar-refractivity contribution in [3.05, 3.63) is 30.5 Å². The number of nitrogens with one attached hydrogen (secondary N) is 1. The van der Waals surface area contributed by atoms with Crippen molar-refractivity contribution in [2.24, 2.45) is 7.05 Å². The summed E-state index contributed by atoms with van der Waals surface area (Å²) < 4.78 is 27.9. The van der Waals surface area contributed by atoms with Crippen LogP contribution in [0.3, 0.4) is 0 Å². The van der Waals surface area contributed by atoms with Crippen LogP contribution in [0.25, 0.3) is 0 Å². The monoisotopic (exact) mass is 282 g/mol. The van der Waals surface area contributed by atoms with E-state index in [0.717, 1.165) is 0 Å². The van der Waals surface area contributed by atoms with Crippen LogP contribution in [-0.2, 0) is 23.5 Å². The highest BCUT2D eigenvalue weighted by Gasteiger charge is 2.14. The molecule has 0 atom stereocenters. The van der Waals surface area contributed by atoms with E-state index in [-0.39, 0.29) is 17.3 Å². The lowest BCUT2D eigenvalue weighted by Crippen LogP contribution is -2.26. The SMILES string of the molecule is Cn1cnc(CCNS(=O)(=O)c2ccnc(N)c2)n1. The average molecular weight is 282 g/mol. The van der Waals surface area contributed by atoms with Crippen molar-refractivity contribution in [2.45, 2.75) is 11.3 Å². The Kier molecular flexibility index (Phi) is 3.76. The normalized spacial score (nSPS) is 11.6. The second kappa shape index (κ2) is 5.33. The molecule has 0 aromatic carbocycles. The molecule has 8 nitrogen and oxygen atoms in total. The van der Waals surface area contributed by atoms with Crippen molar-refractivity contribution in [3.63, 3.8) is 0 Å². The summed E-state index contributed by atoms with van der Waals surface area (Å²) >= 11 is 0. The molecule has 9 heteroatoms. The minimum atomic E-state index is -3.58. The lowest BCUT2D eigenvalue weighted by molar-refractivity contribution is 0.580. The van der Waals surface area contributed by atoms with E-state index in [4.69, 9.17) is 5.73 Å². The minimum Gasteiger partial charge on any atom is -0.384 e. The van der Waals surface area contributed by atoms with Gasteiger partial charge in [-0.3, -0.25) is 4.68 Å². The first-order valence-electron chi connectivity index (χ1n) is 5.53. The summed E-state index contributed by atoms with van der Waals surface area (Å²) in [6, 6.07) is 2.69. The van der Waals surface area contributed by atoms with Gasteiger partial charge in [-0.15, -0.1) is 0 Å². The van der Waals surface area contributed by atoms with Gasteiger partial charge in [-0.1, -0.05) is 0 Å². The highest BCUT2D eigenvalue weighted by molar-refractivity contribution is 7.89. The van der Waals surface area contributed by atoms with Crippen molar-refractivity contribution in [2.75, 3.05) is 12.3 Å². The van der Waals surface area contributed by atoms with Crippen molar-refractivity contribution in [3.8, 4) is 0 Å². The number of hydrogen-bond acceptors (Lipinski definition) is 6. The fraction of sp³-hybridized carbons (Fsp3) is 0.300.